The average Bonchev–Trinajstić information content (AvgIpc) is 2.45. The number of nitrogens with one attached hydrogen (secondary N) is 1. The molecule has 0 unspecified atom stereocenters. The number of primary amides is 1. The van der Waals surface area contributed by atoms with Crippen LogP contribution in [0.15, 0.2) is 18.3 Å². The first-order chi connectivity index (χ1) is 9.27. The Labute approximate surface area is 113 Å². The minimum Gasteiger partial charge on any atom is -0.376 e. The Balaban J connectivity index is 1.74. The van der Waals surface area contributed by atoms with Gasteiger partial charge >= 0.3 is 0 Å². The molecule has 5 heteroatoms. The lowest BCUT2D eigenvalue weighted by Gasteiger charge is -2.22. The summed E-state index contributed by atoms with van der Waals surface area (Å²) in [6, 6.07) is 3.36. The zero-order chi connectivity index (χ0) is 13.5. The molecule has 1 aliphatic rings. The molecule has 0 bridgehead atoms. The molecule has 104 valence electrons. The molecular weight excluding hydrogens is 242 g/mol. The van der Waals surface area contributed by atoms with Gasteiger partial charge in [-0.1, -0.05) is 19.3 Å². The van der Waals surface area contributed by atoms with Crippen molar-refractivity contribution < 1.29 is 9.53 Å². The van der Waals surface area contributed by atoms with Crippen LogP contribution in [0.25, 0.3) is 0 Å². The van der Waals surface area contributed by atoms with Crippen molar-refractivity contribution in [2.24, 2.45) is 5.73 Å². The summed E-state index contributed by atoms with van der Waals surface area (Å²) in [5.41, 5.74) is 5.70. The van der Waals surface area contributed by atoms with Crippen molar-refractivity contribution in [1.82, 2.24) is 4.98 Å². The Hall–Kier alpha value is -1.62. The Bertz CT molecular complexity index is 417. The summed E-state index contributed by atoms with van der Waals surface area (Å²) in [7, 11) is 0. The number of nitrogens with zero attached hydrogens (tertiary/aromatic N) is 1. The Morgan fingerprint density at radius 2 is 2.21 bits per heavy atom. The first-order valence-electron chi connectivity index (χ1n) is 6.87. The van der Waals surface area contributed by atoms with Gasteiger partial charge in [0.25, 0.3) is 5.91 Å². The molecule has 1 aromatic heterocycles. The van der Waals surface area contributed by atoms with Crippen molar-refractivity contribution in [3.63, 3.8) is 0 Å². The summed E-state index contributed by atoms with van der Waals surface area (Å²) in [6.45, 7) is 1.26. The van der Waals surface area contributed by atoms with Crippen molar-refractivity contribution in [3.05, 3.63) is 23.9 Å². The molecule has 5 nitrogen and oxygen atoms in total. The van der Waals surface area contributed by atoms with Gasteiger partial charge in [0.1, 0.15) is 5.82 Å². The fourth-order valence-corrected chi connectivity index (χ4v) is 2.37. The van der Waals surface area contributed by atoms with Crippen molar-refractivity contribution >= 4 is 11.7 Å². The number of anilines is 1. The summed E-state index contributed by atoms with van der Waals surface area (Å²) < 4.78 is 5.80. The van der Waals surface area contributed by atoms with Gasteiger partial charge < -0.3 is 15.8 Å². The van der Waals surface area contributed by atoms with Crippen LogP contribution >= 0.6 is 0 Å². The summed E-state index contributed by atoms with van der Waals surface area (Å²) in [6.07, 6.45) is 8.22. The number of hydrogen-bond acceptors (Lipinski definition) is 4. The largest absolute Gasteiger partial charge is 0.376 e. The van der Waals surface area contributed by atoms with Crippen molar-refractivity contribution in [2.75, 3.05) is 18.5 Å². The van der Waals surface area contributed by atoms with E-state index in [0.29, 0.717) is 30.6 Å². The zero-order valence-electron chi connectivity index (χ0n) is 11.1. The Morgan fingerprint density at radius 3 is 2.95 bits per heavy atom. The van der Waals surface area contributed by atoms with Gasteiger partial charge in [-0.3, -0.25) is 4.79 Å². The number of amides is 1. The summed E-state index contributed by atoms with van der Waals surface area (Å²) >= 11 is 0. The number of pyridine rings is 1. The van der Waals surface area contributed by atoms with Gasteiger partial charge in [0.05, 0.1) is 18.3 Å². The number of nitrogens with two attached hydrogens (primary N) is 1. The summed E-state index contributed by atoms with van der Waals surface area (Å²) in [5, 5.41) is 3.10. The second-order valence-corrected chi connectivity index (χ2v) is 4.82. The monoisotopic (exact) mass is 263 g/mol. The average molecular weight is 263 g/mol. The Kier molecular flexibility index (Phi) is 5.15. The van der Waals surface area contributed by atoms with Crippen LogP contribution in [-0.4, -0.2) is 30.1 Å². The third kappa shape index (κ3) is 4.21. The van der Waals surface area contributed by atoms with E-state index >= 15 is 0 Å². The van der Waals surface area contributed by atoms with E-state index < -0.39 is 5.91 Å². The van der Waals surface area contributed by atoms with Gasteiger partial charge in [-0.15, -0.1) is 0 Å². The van der Waals surface area contributed by atoms with Gasteiger partial charge in [0.15, 0.2) is 0 Å². The van der Waals surface area contributed by atoms with Crippen LogP contribution in [-0.2, 0) is 4.74 Å². The van der Waals surface area contributed by atoms with Gasteiger partial charge in [-0.2, -0.15) is 0 Å². The number of aromatic nitrogens is 1. The van der Waals surface area contributed by atoms with E-state index in [9.17, 15) is 4.79 Å². The van der Waals surface area contributed by atoms with Gasteiger partial charge in [0.2, 0.25) is 0 Å². The molecule has 1 heterocycles. The van der Waals surface area contributed by atoms with E-state index in [1.54, 1.807) is 18.3 Å². The highest BCUT2D eigenvalue weighted by Crippen LogP contribution is 2.20. The minimum atomic E-state index is -0.469. The van der Waals surface area contributed by atoms with Crippen LogP contribution in [0.5, 0.6) is 0 Å². The summed E-state index contributed by atoms with van der Waals surface area (Å²) in [5.74, 6) is 0.0612. The van der Waals surface area contributed by atoms with E-state index in [2.05, 4.69) is 10.3 Å². The molecule has 1 amide bonds. The van der Waals surface area contributed by atoms with Crippen LogP contribution in [0.3, 0.4) is 0 Å². The molecule has 0 spiro atoms. The zero-order valence-corrected chi connectivity index (χ0v) is 11.1. The SMILES string of the molecule is NC(=O)c1cccnc1NCCOC1CCCCC1. The van der Waals surface area contributed by atoms with Crippen molar-refractivity contribution in [2.45, 2.75) is 38.2 Å². The molecule has 1 aliphatic carbocycles. The molecule has 0 radical (unpaired) electrons. The maximum Gasteiger partial charge on any atom is 0.252 e. The van der Waals surface area contributed by atoms with Crippen LogP contribution in [0.4, 0.5) is 5.82 Å². The van der Waals surface area contributed by atoms with E-state index in [1.807, 2.05) is 0 Å². The lowest BCUT2D eigenvalue weighted by atomic mass is 9.98. The predicted octanol–water partition coefficient (Wildman–Crippen LogP) is 1.94. The maximum atomic E-state index is 11.2. The highest BCUT2D eigenvalue weighted by molar-refractivity contribution is 5.97. The maximum absolute atomic E-state index is 11.2. The first kappa shape index (κ1) is 13.8. The highest BCUT2D eigenvalue weighted by atomic mass is 16.5. The van der Waals surface area contributed by atoms with Gasteiger partial charge in [0, 0.05) is 12.7 Å². The summed E-state index contributed by atoms with van der Waals surface area (Å²) in [4.78, 5) is 15.3. The Morgan fingerprint density at radius 1 is 1.42 bits per heavy atom. The number of rotatable bonds is 6. The smallest absolute Gasteiger partial charge is 0.252 e. The second-order valence-electron chi connectivity index (χ2n) is 4.82. The van der Waals surface area contributed by atoms with Gasteiger partial charge in [-0.25, -0.2) is 4.98 Å². The molecule has 0 saturated heterocycles. The molecule has 0 atom stereocenters. The molecule has 1 aromatic rings. The molecular formula is C14H21N3O2. The van der Waals surface area contributed by atoms with E-state index in [1.165, 1.54) is 19.3 Å². The molecule has 2 rings (SSSR count). The molecule has 1 saturated carbocycles. The number of carbonyl (C=O) groups excluding carboxylic acids is 1. The van der Waals surface area contributed by atoms with Crippen molar-refractivity contribution in [1.29, 1.82) is 0 Å². The normalized spacial score (nSPS) is 16.2. The number of ether oxygens (including phenoxy) is 1. The van der Waals surface area contributed by atoms with Gasteiger partial charge in [-0.05, 0) is 25.0 Å². The van der Waals surface area contributed by atoms with Crippen LogP contribution in [0.2, 0.25) is 0 Å². The lowest BCUT2D eigenvalue weighted by molar-refractivity contribution is 0.0347. The van der Waals surface area contributed by atoms with Crippen LogP contribution < -0.4 is 11.1 Å². The minimum absolute atomic E-state index is 0.398. The highest BCUT2D eigenvalue weighted by Gasteiger charge is 2.13. The van der Waals surface area contributed by atoms with E-state index in [4.69, 9.17) is 10.5 Å². The third-order valence-electron chi connectivity index (χ3n) is 3.37. The lowest BCUT2D eigenvalue weighted by Crippen LogP contribution is -2.22. The molecule has 0 aromatic carbocycles. The van der Waals surface area contributed by atoms with Crippen molar-refractivity contribution in [3.8, 4) is 0 Å². The number of hydrogen-bond donors (Lipinski definition) is 2. The fourth-order valence-electron chi connectivity index (χ4n) is 2.37. The third-order valence-corrected chi connectivity index (χ3v) is 3.37. The van der Waals surface area contributed by atoms with Crippen LogP contribution in [0.1, 0.15) is 42.5 Å². The topological polar surface area (TPSA) is 77.2 Å². The van der Waals surface area contributed by atoms with E-state index in [0.717, 1.165) is 12.8 Å². The fraction of sp³-hybridized carbons (Fsp3) is 0.571. The predicted molar refractivity (Wildman–Crippen MR) is 74.1 cm³/mol. The van der Waals surface area contributed by atoms with Crippen LogP contribution in [0, 0.1) is 0 Å². The molecule has 0 aliphatic heterocycles. The molecule has 3 N–H and O–H groups in total. The molecule has 19 heavy (non-hydrogen) atoms. The van der Waals surface area contributed by atoms with E-state index in [-0.39, 0.29) is 0 Å². The number of carbonyl (C=O) groups is 1. The molecule has 1 fully saturated rings. The quantitative estimate of drug-likeness (QED) is 0.769. The second kappa shape index (κ2) is 7.09. The first-order valence-corrected chi connectivity index (χ1v) is 6.87. The standard InChI is InChI=1S/C14H21N3O2/c15-13(18)12-7-4-8-16-14(12)17-9-10-19-11-5-2-1-3-6-11/h4,7-8,11H,1-3,5-6,9-10H2,(H2,15,18)(H,16,17).